The zero-order valence-corrected chi connectivity index (χ0v) is 19.3. The first-order valence-corrected chi connectivity index (χ1v) is 12.8. The van der Waals surface area contributed by atoms with E-state index < -0.39 is 23.4 Å². The molecule has 1 aromatic carbocycles. The average Bonchev–Trinajstić information content (AvgIpc) is 2.80. The number of hydrogen-bond donors (Lipinski definition) is 0. The maximum Gasteiger partial charge on any atom is 0.314 e. The van der Waals surface area contributed by atoms with Gasteiger partial charge in [-0.2, -0.15) is 0 Å². The van der Waals surface area contributed by atoms with Gasteiger partial charge in [0.05, 0.1) is 5.92 Å². The molecular weight excluding hydrogens is 413 g/mol. The summed E-state index contributed by atoms with van der Waals surface area (Å²) >= 11 is 0. The maximum atomic E-state index is 13.5. The molecule has 0 spiro atoms. The lowest BCUT2D eigenvalue weighted by molar-refractivity contribution is -0.144. The SMILES string of the molecule is CCCCC1CCC(C2CCC3C(CCCC3C(=O)Oc3cc(F)c(F)c(F)c3)C2)CC1. The van der Waals surface area contributed by atoms with Crippen LogP contribution in [0.15, 0.2) is 12.1 Å². The highest BCUT2D eigenvalue weighted by Gasteiger charge is 2.43. The van der Waals surface area contributed by atoms with Gasteiger partial charge in [-0.1, -0.05) is 51.9 Å². The van der Waals surface area contributed by atoms with Crippen LogP contribution in [-0.4, -0.2) is 5.97 Å². The second kappa shape index (κ2) is 10.6. The van der Waals surface area contributed by atoms with E-state index in [2.05, 4.69) is 6.92 Å². The number of rotatable bonds is 6. The summed E-state index contributed by atoms with van der Waals surface area (Å²) < 4.78 is 45.5. The molecule has 3 aliphatic carbocycles. The van der Waals surface area contributed by atoms with E-state index in [1.54, 1.807) is 0 Å². The molecule has 0 bridgehead atoms. The summed E-state index contributed by atoms with van der Waals surface area (Å²) in [6.45, 7) is 2.27. The number of halogens is 3. The molecule has 4 atom stereocenters. The number of hydrogen-bond acceptors (Lipinski definition) is 2. The summed E-state index contributed by atoms with van der Waals surface area (Å²) in [5.41, 5.74) is 0. The smallest absolute Gasteiger partial charge is 0.314 e. The van der Waals surface area contributed by atoms with Gasteiger partial charge in [0.2, 0.25) is 0 Å². The Morgan fingerprint density at radius 1 is 0.906 bits per heavy atom. The van der Waals surface area contributed by atoms with Gasteiger partial charge >= 0.3 is 5.97 Å². The van der Waals surface area contributed by atoms with Crippen LogP contribution in [0.5, 0.6) is 5.75 Å². The van der Waals surface area contributed by atoms with Gasteiger partial charge in [0.25, 0.3) is 0 Å². The second-order valence-electron chi connectivity index (χ2n) is 10.6. The van der Waals surface area contributed by atoms with Crippen molar-refractivity contribution in [3.8, 4) is 5.75 Å². The Kier molecular flexibility index (Phi) is 7.83. The van der Waals surface area contributed by atoms with Crippen molar-refractivity contribution in [2.45, 2.75) is 90.4 Å². The van der Waals surface area contributed by atoms with Crippen molar-refractivity contribution in [1.29, 1.82) is 0 Å². The first-order valence-electron chi connectivity index (χ1n) is 12.8. The van der Waals surface area contributed by atoms with Crippen molar-refractivity contribution in [2.24, 2.45) is 35.5 Å². The van der Waals surface area contributed by atoms with Gasteiger partial charge in [-0.15, -0.1) is 0 Å². The van der Waals surface area contributed by atoms with Crippen LogP contribution in [0, 0.1) is 53.0 Å². The summed E-state index contributed by atoms with van der Waals surface area (Å²) in [7, 11) is 0. The van der Waals surface area contributed by atoms with Gasteiger partial charge in [0.15, 0.2) is 17.5 Å². The number of carbonyl (C=O) groups excluding carboxylic acids is 1. The number of ether oxygens (including phenoxy) is 1. The highest BCUT2D eigenvalue weighted by atomic mass is 19.2. The van der Waals surface area contributed by atoms with Gasteiger partial charge in [-0.3, -0.25) is 4.79 Å². The largest absolute Gasteiger partial charge is 0.426 e. The van der Waals surface area contributed by atoms with E-state index in [0.29, 0.717) is 11.8 Å². The van der Waals surface area contributed by atoms with E-state index in [1.807, 2.05) is 0 Å². The fourth-order valence-electron chi connectivity index (χ4n) is 6.94. The zero-order valence-electron chi connectivity index (χ0n) is 19.3. The first-order chi connectivity index (χ1) is 15.5. The predicted molar refractivity (Wildman–Crippen MR) is 119 cm³/mol. The summed E-state index contributed by atoms with van der Waals surface area (Å²) in [5, 5.41) is 0. The van der Waals surface area contributed by atoms with Crippen LogP contribution >= 0.6 is 0 Å². The minimum absolute atomic E-state index is 0.226. The van der Waals surface area contributed by atoms with Crippen molar-refractivity contribution in [2.75, 3.05) is 0 Å². The van der Waals surface area contributed by atoms with Gasteiger partial charge < -0.3 is 4.74 Å². The quantitative estimate of drug-likeness (QED) is 0.251. The van der Waals surface area contributed by atoms with Crippen LogP contribution in [0.4, 0.5) is 13.2 Å². The van der Waals surface area contributed by atoms with Gasteiger partial charge in [-0.05, 0) is 68.1 Å². The molecule has 1 aromatic rings. The molecule has 0 aliphatic heterocycles. The van der Waals surface area contributed by atoms with E-state index in [9.17, 15) is 18.0 Å². The molecule has 0 heterocycles. The zero-order chi connectivity index (χ0) is 22.7. The predicted octanol–water partition coefficient (Wildman–Crippen LogP) is 7.84. The van der Waals surface area contributed by atoms with E-state index in [1.165, 1.54) is 57.8 Å². The fraction of sp³-hybridized carbons (Fsp3) is 0.741. The Morgan fingerprint density at radius 2 is 1.59 bits per heavy atom. The lowest BCUT2D eigenvalue weighted by Gasteiger charge is -2.46. The molecule has 5 heteroatoms. The number of unbranched alkanes of at least 4 members (excludes halogenated alkanes) is 1. The van der Waals surface area contributed by atoms with E-state index in [0.717, 1.165) is 55.6 Å². The normalized spacial score (nSPS) is 32.9. The van der Waals surface area contributed by atoms with Crippen LogP contribution in [0.1, 0.15) is 90.4 Å². The van der Waals surface area contributed by atoms with Crippen molar-refractivity contribution in [3.63, 3.8) is 0 Å². The van der Waals surface area contributed by atoms with Crippen LogP contribution in [-0.2, 0) is 4.79 Å². The summed E-state index contributed by atoms with van der Waals surface area (Å²) in [5.74, 6) is -1.72. The molecule has 0 radical (unpaired) electrons. The Bertz CT molecular complexity index is 764. The third kappa shape index (κ3) is 5.34. The van der Waals surface area contributed by atoms with Crippen LogP contribution in [0.2, 0.25) is 0 Å². The Hall–Kier alpha value is -1.52. The number of carbonyl (C=O) groups is 1. The minimum atomic E-state index is -1.54. The lowest BCUT2D eigenvalue weighted by Crippen LogP contribution is -2.40. The molecule has 0 N–H and O–H groups in total. The first kappa shape index (κ1) is 23.6. The molecule has 178 valence electrons. The summed E-state index contributed by atoms with van der Waals surface area (Å²) in [6, 6.07) is 1.51. The number of benzene rings is 1. The standard InChI is InChI=1S/C27H37F3O2/c1-2-3-5-17-8-10-18(11-9-17)19-12-13-22-20(14-19)6-4-7-23(22)27(31)32-21-15-24(28)26(30)25(29)16-21/h15-20,22-23H,2-14H2,1H3. The van der Waals surface area contributed by atoms with Gasteiger partial charge in [-0.25, -0.2) is 13.2 Å². The minimum Gasteiger partial charge on any atom is -0.426 e. The molecule has 4 unspecified atom stereocenters. The van der Waals surface area contributed by atoms with Crippen molar-refractivity contribution >= 4 is 5.97 Å². The van der Waals surface area contributed by atoms with Gasteiger partial charge in [0.1, 0.15) is 5.75 Å². The summed E-state index contributed by atoms with van der Waals surface area (Å²) in [6.07, 6.45) is 15.9. The molecule has 2 nitrogen and oxygen atoms in total. The average molecular weight is 451 g/mol. The van der Waals surface area contributed by atoms with Crippen molar-refractivity contribution in [1.82, 2.24) is 0 Å². The Labute approximate surface area is 190 Å². The molecule has 3 saturated carbocycles. The molecular formula is C27H37F3O2. The molecule has 4 rings (SSSR count). The maximum absolute atomic E-state index is 13.5. The fourth-order valence-corrected chi connectivity index (χ4v) is 6.94. The van der Waals surface area contributed by atoms with E-state index >= 15 is 0 Å². The number of fused-ring (bicyclic) bond motifs is 1. The second-order valence-corrected chi connectivity index (χ2v) is 10.6. The van der Waals surface area contributed by atoms with Crippen LogP contribution in [0.25, 0.3) is 0 Å². The third-order valence-electron chi connectivity index (χ3n) is 8.69. The molecule has 0 aromatic heterocycles. The lowest BCUT2D eigenvalue weighted by atomic mass is 9.59. The highest BCUT2D eigenvalue weighted by Crippen LogP contribution is 2.50. The van der Waals surface area contributed by atoms with Crippen molar-refractivity contribution < 1.29 is 22.7 Å². The van der Waals surface area contributed by atoms with Crippen LogP contribution in [0.3, 0.4) is 0 Å². The molecule has 32 heavy (non-hydrogen) atoms. The Balaban J connectivity index is 1.32. The molecule has 3 fully saturated rings. The molecule has 0 saturated heterocycles. The molecule has 0 amide bonds. The van der Waals surface area contributed by atoms with Gasteiger partial charge in [0, 0.05) is 12.1 Å². The summed E-state index contributed by atoms with van der Waals surface area (Å²) in [4.78, 5) is 12.9. The third-order valence-corrected chi connectivity index (χ3v) is 8.69. The monoisotopic (exact) mass is 450 g/mol. The van der Waals surface area contributed by atoms with Crippen molar-refractivity contribution in [3.05, 3.63) is 29.6 Å². The van der Waals surface area contributed by atoms with E-state index in [-0.39, 0.29) is 11.7 Å². The van der Waals surface area contributed by atoms with Crippen LogP contribution < -0.4 is 4.74 Å². The Morgan fingerprint density at radius 3 is 2.28 bits per heavy atom. The van der Waals surface area contributed by atoms with E-state index in [4.69, 9.17) is 4.74 Å². The molecule has 3 aliphatic rings. The number of esters is 1. The topological polar surface area (TPSA) is 26.3 Å². The highest BCUT2D eigenvalue weighted by molar-refractivity contribution is 5.75.